The molecule has 0 aliphatic heterocycles. The highest BCUT2D eigenvalue weighted by Gasteiger charge is 2.20. The van der Waals surface area contributed by atoms with E-state index < -0.39 is 10.0 Å². The Labute approximate surface area is 172 Å². The van der Waals surface area contributed by atoms with E-state index in [9.17, 15) is 13.2 Å². The van der Waals surface area contributed by atoms with Crippen molar-refractivity contribution in [1.82, 2.24) is 14.2 Å². The molecule has 7 heteroatoms. The minimum atomic E-state index is -3.53. The lowest BCUT2D eigenvalue weighted by molar-refractivity contribution is 0.0943. The number of rotatable bonds is 7. The highest BCUT2D eigenvalue weighted by Crippen LogP contribution is 2.25. The summed E-state index contributed by atoms with van der Waals surface area (Å²) >= 11 is 0. The molecular weight excluding hydrogens is 386 g/mol. The zero-order valence-corrected chi connectivity index (χ0v) is 18.0. The minimum Gasteiger partial charge on any atom is -0.350 e. The molecule has 3 aromatic rings. The second-order valence-corrected chi connectivity index (χ2v) is 9.46. The zero-order valence-electron chi connectivity index (χ0n) is 17.2. The van der Waals surface area contributed by atoms with E-state index in [0.717, 1.165) is 10.9 Å². The van der Waals surface area contributed by atoms with Crippen molar-refractivity contribution in [2.75, 3.05) is 20.6 Å². The van der Waals surface area contributed by atoms with Gasteiger partial charge in [-0.15, -0.1) is 0 Å². The Morgan fingerprint density at radius 3 is 2.41 bits per heavy atom. The average molecular weight is 414 g/mol. The van der Waals surface area contributed by atoms with E-state index in [0.29, 0.717) is 18.8 Å². The molecule has 2 aromatic carbocycles. The van der Waals surface area contributed by atoms with Crippen LogP contribution < -0.4 is 5.32 Å². The van der Waals surface area contributed by atoms with Crippen molar-refractivity contribution in [3.8, 4) is 0 Å². The van der Waals surface area contributed by atoms with Crippen LogP contribution in [0.4, 0.5) is 0 Å². The molecule has 1 unspecified atom stereocenters. The van der Waals surface area contributed by atoms with Crippen molar-refractivity contribution >= 4 is 26.8 Å². The summed E-state index contributed by atoms with van der Waals surface area (Å²) in [6.45, 7) is 5.17. The molecule has 3 rings (SSSR count). The number of sulfonamides is 1. The highest BCUT2D eigenvalue weighted by atomic mass is 32.2. The number of hydrogen-bond donors (Lipinski definition) is 1. The molecule has 0 aliphatic carbocycles. The first-order chi connectivity index (χ1) is 13.8. The SMILES string of the molecule is CCn1c(C(=O)NCC(C)c2ccccc2)cc2cc(S(=O)(=O)N(C)C)ccc21. The first-order valence-electron chi connectivity index (χ1n) is 9.64. The van der Waals surface area contributed by atoms with Gasteiger partial charge in [0.25, 0.3) is 5.91 Å². The fraction of sp³-hybridized carbons (Fsp3) is 0.318. The fourth-order valence-corrected chi connectivity index (χ4v) is 4.32. The maximum Gasteiger partial charge on any atom is 0.267 e. The summed E-state index contributed by atoms with van der Waals surface area (Å²) in [4.78, 5) is 13.1. The van der Waals surface area contributed by atoms with E-state index >= 15 is 0 Å². The smallest absolute Gasteiger partial charge is 0.267 e. The topological polar surface area (TPSA) is 71.4 Å². The molecule has 1 N–H and O–H groups in total. The number of nitrogens with one attached hydrogen (secondary N) is 1. The average Bonchev–Trinajstić information content (AvgIpc) is 3.10. The van der Waals surface area contributed by atoms with Crippen LogP contribution in [0.15, 0.2) is 59.5 Å². The quantitative estimate of drug-likeness (QED) is 0.645. The number of benzene rings is 2. The number of nitrogens with zero attached hydrogens (tertiary/aromatic N) is 2. The van der Waals surface area contributed by atoms with Crippen LogP contribution >= 0.6 is 0 Å². The second kappa shape index (κ2) is 8.39. The second-order valence-electron chi connectivity index (χ2n) is 7.30. The van der Waals surface area contributed by atoms with Crippen molar-refractivity contribution < 1.29 is 13.2 Å². The van der Waals surface area contributed by atoms with Gasteiger partial charge in [-0.3, -0.25) is 4.79 Å². The minimum absolute atomic E-state index is 0.164. The third-order valence-electron chi connectivity index (χ3n) is 5.14. The van der Waals surface area contributed by atoms with Crippen molar-refractivity contribution in [1.29, 1.82) is 0 Å². The molecule has 0 spiro atoms. The molecule has 154 valence electrons. The fourth-order valence-electron chi connectivity index (χ4n) is 3.38. The Bertz CT molecular complexity index is 1120. The molecule has 29 heavy (non-hydrogen) atoms. The molecule has 6 nitrogen and oxygen atoms in total. The summed E-state index contributed by atoms with van der Waals surface area (Å²) in [5.74, 6) is 0.0271. The van der Waals surface area contributed by atoms with Gasteiger partial charge in [-0.25, -0.2) is 12.7 Å². The summed E-state index contributed by atoms with van der Waals surface area (Å²) in [5.41, 5.74) is 2.54. The lowest BCUT2D eigenvalue weighted by Gasteiger charge is -2.14. The van der Waals surface area contributed by atoms with Gasteiger partial charge >= 0.3 is 0 Å². The van der Waals surface area contributed by atoms with E-state index in [4.69, 9.17) is 0 Å². The highest BCUT2D eigenvalue weighted by molar-refractivity contribution is 7.89. The third kappa shape index (κ3) is 4.21. The molecule has 0 radical (unpaired) electrons. The van der Waals surface area contributed by atoms with Crippen LogP contribution in [0, 0.1) is 0 Å². The molecule has 0 bridgehead atoms. The van der Waals surface area contributed by atoms with E-state index in [2.05, 4.69) is 12.2 Å². The number of carbonyl (C=O) groups excluding carboxylic acids is 1. The van der Waals surface area contributed by atoms with E-state index in [1.165, 1.54) is 24.0 Å². The van der Waals surface area contributed by atoms with E-state index in [1.54, 1.807) is 24.3 Å². The van der Waals surface area contributed by atoms with Crippen LogP contribution in [0.5, 0.6) is 0 Å². The Morgan fingerprint density at radius 2 is 1.79 bits per heavy atom. The number of hydrogen-bond acceptors (Lipinski definition) is 3. The summed E-state index contributed by atoms with van der Waals surface area (Å²) < 4.78 is 27.9. The molecular formula is C22H27N3O3S. The van der Waals surface area contributed by atoms with Crippen LogP contribution in [-0.4, -0.2) is 43.8 Å². The Kier molecular flexibility index (Phi) is 6.10. The first kappa shape index (κ1) is 21.1. The van der Waals surface area contributed by atoms with Gasteiger partial charge in [0, 0.05) is 38.1 Å². The molecule has 1 aromatic heterocycles. The van der Waals surface area contributed by atoms with E-state index in [1.807, 2.05) is 41.8 Å². The predicted octanol–water partition coefficient (Wildman–Crippen LogP) is 3.45. The van der Waals surface area contributed by atoms with Crippen LogP contribution in [-0.2, 0) is 16.6 Å². The third-order valence-corrected chi connectivity index (χ3v) is 6.95. The standard InChI is InChI=1S/C22H27N3O3S/c1-5-25-20-12-11-19(29(27,28)24(3)4)13-18(20)14-21(25)22(26)23-15-16(2)17-9-7-6-8-10-17/h6-14,16H,5,15H2,1-4H3,(H,23,26). The van der Waals surface area contributed by atoms with Crippen LogP contribution in [0.1, 0.15) is 35.8 Å². The van der Waals surface area contributed by atoms with Crippen LogP contribution in [0.2, 0.25) is 0 Å². The van der Waals surface area contributed by atoms with Gasteiger partial charge in [-0.2, -0.15) is 0 Å². The summed E-state index contributed by atoms with van der Waals surface area (Å²) in [5, 5.41) is 3.74. The van der Waals surface area contributed by atoms with Gasteiger partial charge in [0.1, 0.15) is 5.69 Å². The number of aryl methyl sites for hydroxylation is 1. The maximum atomic E-state index is 12.9. The van der Waals surface area contributed by atoms with Gasteiger partial charge in [0.05, 0.1) is 4.90 Å². The molecule has 1 amide bonds. The van der Waals surface area contributed by atoms with Gasteiger partial charge < -0.3 is 9.88 Å². The molecule has 0 saturated carbocycles. The van der Waals surface area contributed by atoms with Crippen molar-refractivity contribution in [3.05, 3.63) is 65.9 Å². The first-order valence-corrected chi connectivity index (χ1v) is 11.1. The zero-order chi connectivity index (χ0) is 21.2. The predicted molar refractivity (Wildman–Crippen MR) is 116 cm³/mol. The Balaban J connectivity index is 1.87. The van der Waals surface area contributed by atoms with Crippen LogP contribution in [0.3, 0.4) is 0 Å². The number of carbonyl (C=O) groups is 1. The lowest BCUT2D eigenvalue weighted by atomic mass is 10.0. The molecule has 1 atom stereocenters. The summed E-state index contributed by atoms with van der Waals surface area (Å²) in [6.07, 6.45) is 0. The van der Waals surface area contributed by atoms with Crippen LogP contribution in [0.25, 0.3) is 10.9 Å². The summed E-state index contributed by atoms with van der Waals surface area (Å²) in [6, 6.07) is 16.8. The Hall–Kier alpha value is -2.64. The monoisotopic (exact) mass is 413 g/mol. The van der Waals surface area contributed by atoms with Crippen molar-refractivity contribution in [3.63, 3.8) is 0 Å². The number of fused-ring (bicyclic) bond motifs is 1. The largest absolute Gasteiger partial charge is 0.350 e. The van der Waals surface area contributed by atoms with Gasteiger partial charge in [0.2, 0.25) is 10.0 Å². The van der Waals surface area contributed by atoms with E-state index in [-0.39, 0.29) is 16.7 Å². The molecule has 1 heterocycles. The lowest BCUT2D eigenvalue weighted by Crippen LogP contribution is -2.29. The van der Waals surface area contributed by atoms with Gasteiger partial charge in [0.15, 0.2) is 0 Å². The normalized spacial score (nSPS) is 13.0. The molecule has 0 saturated heterocycles. The van der Waals surface area contributed by atoms with Gasteiger partial charge in [-0.1, -0.05) is 37.3 Å². The van der Waals surface area contributed by atoms with Crippen molar-refractivity contribution in [2.45, 2.75) is 31.2 Å². The summed E-state index contributed by atoms with van der Waals surface area (Å²) in [7, 11) is -0.521. The van der Waals surface area contributed by atoms with Crippen molar-refractivity contribution in [2.24, 2.45) is 0 Å². The van der Waals surface area contributed by atoms with Gasteiger partial charge in [-0.05, 0) is 42.7 Å². The number of aromatic nitrogens is 1. The maximum absolute atomic E-state index is 12.9. The molecule has 0 aliphatic rings. The number of amides is 1. The Morgan fingerprint density at radius 1 is 1.10 bits per heavy atom. The molecule has 0 fully saturated rings.